The Bertz CT molecular complexity index is 703. The van der Waals surface area contributed by atoms with Crippen LogP contribution in [0.3, 0.4) is 0 Å². The summed E-state index contributed by atoms with van der Waals surface area (Å²) in [6.07, 6.45) is 2.34. The van der Waals surface area contributed by atoms with Crippen LogP contribution in [-0.2, 0) is 13.1 Å². The Labute approximate surface area is 140 Å². The number of nitrogens with zero attached hydrogens (tertiary/aromatic N) is 3. The zero-order chi connectivity index (χ0) is 16.4. The summed E-state index contributed by atoms with van der Waals surface area (Å²) in [5, 5.41) is 7.64. The molecule has 0 saturated carbocycles. The smallest absolute Gasteiger partial charge is 0.231 e. The first-order chi connectivity index (χ1) is 11.8. The van der Waals surface area contributed by atoms with E-state index in [1.54, 1.807) is 0 Å². The number of hydrogen-bond donors (Lipinski definition) is 1. The minimum Gasteiger partial charge on any atom is -0.454 e. The number of nitrogens with one attached hydrogen (secondary N) is 1. The first-order valence-electron chi connectivity index (χ1n) is 8.40. The second kappa shape index (κ2) is 6.78. The van der Waals surface area contributed by atoms with Crippen LogP contribution in [0, 0.1) is 6.92 Å². The number of aromatic nitrogens is 2. The van der Waals surface area contributed by atoms with Crippen molar-refractivity contribution in [3.05, 3.63) is 35.5 Å². The first kappa shape index (κ1) is 15.4. The van der Waals surface area contributed by atoms with Gasteiger partial charge in [0.05, 0.1) is 6.54 Å². The predicted octanol–water partition coefficient (Wildman–Crippen LogP) is 1.86. The molecule has 0 amide bonds. The average Bonchev–Trinajstić information content (AvgIpc) is 3.22. The molecule has 1 fully saturated rings. The molecule has 128 valence electrons. The van der Waals surface area contributed by atoms with Gasteiger partial charge >= 0.3 is 0 Å². The highest BCUT2D eigenvalue weighted by Crippen LogP contribution is 2.35. The highest BCUT2D eigenvalue weighted by atomic mass is 16.7. The van der Waals surface area contributed by atoms with Crippen LogP contribution in [0.15, 0.2) is 22.7 Å². The van der Waals surface area contributed by atoms with Gasteiger partial charge in [-0.05, 0) is 25.5 Å². The number of fused-ring (bicyclic) bond motifs is 1. The Balaban J connectivity index is 1.33. The number of para-hydroxylation sites is 1. The molecule has 2 aliphatic heterocycles. The molecule has 0 radical (unpaired) electrons. The van der Waals surface area contributed by atoms with Crippen molar-refractivity contribution in [1.29, 1.82) is 0 Å². The molecule has 4 rings (SSSR count). The summed E-state index contributed by atoms with van der Waals surface area (Å²) in [6.45, 7) is 5.72. The van der Waals surface area contributed by atoms with Crippen LogP contribution >= 0.6 is 0 Å². The first-order valence-corrected chi connectivity index (χ1v) is 8.40. The van der Waals surface area contributed by atoms with Crippen molar-refractivity contribution in [3.8, 4) is 11.5 Å². The Morgan fingerprint density at radius 3 is 3.17 bits per heavy atom. The fraction of sp³-hybridized carbons (Fsp3) is 0.529. The lowest BCUT2D eigenvalue weighted by Gasteiger charge is -2.32. The van der Waals surface area contributed by atoms with Crippen molar-refractivity contribution in [2.75, 3.05) is 19.9 Å². The number of benzene rings is 1. The van der Waals surface area contributed by atoms with E-state index in [0.717, 1.165) is 49.1 Å². The SMILES string of the molecule is Cc1nc(CN2CCC[C@@H](NCc3cccc4c3OCO4)C2)no1. The van der Waals surface area contributed by atoms with Crippen molar-refractivity contribution < 1.29 is 14.0 Å². The summed E-state index contributed by atoms with van der Waals surface area (Å²) in [5.74, 6) is 3.10. The van der Waals surface area contributed by atoms with Crippen LogP contribution in [0.25, 0.3) is 0 Å². The lowest BCUT2D eigenvalue weighted by Crippen LogP contribution is -2.45. The van der Waals surface area contributed by atoms with E-state index in [9.17, 15) is 0 Å². The van der Waals surface area contributed by atoms with E-state index in [1.807, 2.05) is 19.1 Å². The van der Waals surface area contributed by atoms with Crippen LogP contribution in [0.4, 0.5) is 0 Å². The van der Waals surface area contributed by atoms with Gasteiger partial charge in [-0.3, -0.25) is 4.90 Å². The molecule has 0 bridgehead atoms. The van der Waals surface area contributed by atoms with Crippen molar-refractivity contribution in [2.24, 2.45) is 0 Å². The van der Waals surface area contributed by atoms with Gasteiger partial charge in [0.2, 0.25) is 12.7 Å². The second-order valence-electron chi connectivity index (χ2n) is 6.34. The summed E-state index contributed by atoms with van der Waals surface area (Å²) in [5.41, 5.74) is 1.15. The fourth-order valence-corrected chi connectivity index (χ4v) is 3.36. The van der Waals surface area contributed by atoms with Crippen molar-refractivity contribution in [1.82, 2.24) is 20.4 Å². The van der Waals surface area contributed by atoms with Gasteiger partial charge in [0.15, 0.2) is 17.3 Å². The van der Waals surface area contributed by atoms with Gasteiger partial charge in [-0.1, -0.05) is 17.3 Å². The van der Waals surface area contributed by atoms with Gasteiger partial charge in [0, 0.05) is 31.6 Å². The maximum absolute atomic E-state index is 5.57. The third-order valence-electron chi connectivity index (χ3n) is 4.50. The lowest BCUT2D eigenvalue weighted by molar-refractivity contribution is 0.171. The third-order valence-corrected chi connectivity index (χ3v) is 4.50. The van der Waals surface area contributed by atoms with Gasteiger partial charge in [-0.2, -0.15) is 4.98 Å². The number of piperidine rings is 1. The molecular formula is C17H22N4O3. The van der Waals surface area contributed by atoms with E-state index in [0.29, 0.717) is 18.7 Å². The highest BCUT2D eigenvalue weighted by Gasteiger charge is 2.22. The molecule has 24 heavy (non-hydrogen) atoms. The molecule has 0 unspecified atom stereocenters. The number of rotatable bonds is 5. The standard InChI is InChI=1S/C17H22N4O3/c1-12-19-16(20-24-12)10-21-7-3-5-14(9-21)18-8-13-4-2-6-15-17(13)23-11-22-15/h2,4,6,14,18H,3,5,7-11H2,1H3/t14-/m1/s1. The fourth-order valence-electron chi connectivity index (χ4n) is 3.36. The monoisotopic (exact) mass is 330 g/mol. The van der Waals surface area contributed by atoms with Crippen LogP contribution in [0.1, 0.15) is 30.1 Å². The van der Waals surface area contributed by atoms with E-state index >= 15 is 0 Å². The molecule has 7 heteroatoms. The van der Waals surface area contributed by atoms with Crippen LogP contribution in [0.5, 0.6) is 11.5 Å². The average molecular weight is 330 g/mol. The quantitative estimate of drug-likeness (QED) is 0.897. The van der Waals surface area contributed by atoms with Gasteiger partial charge in [-0.15, -0.1) is 0 Å². The van der Waals surface area contributed by atoms with Gasteiger partial charge in [-0.25, -0.2) is 0 Å². The topological polar surface area (TPSA) is 72.7 Å². The highest BCUT2D eigenvalue weighted by molar-refractivity contribution is 5.48. The molecule has 1 aromatic heterocycles. The summed E-state index contributed by atoms with van der Waals surface area (Å²) in [6, 6.07) is 6.49. The maximum Gasteiger partial charge on any atom is 0.231 e. The zero-order valence-corrected chi connectivity index (χ0v) is 13.8. The molecular weight excluding hydrogens is 308 g/mol. The van der Waals surface area contributed by atoms with Crippen LogP contribution in [-0.4, -0.2) is 41.0 Å². The number of ether oxygens (including phenoxy) is 2. The Kier molecular flexibility index (Phi) is 4.36. The molecule has 1 saturated heterocycles. The molecule has 2 aliphatic rings. The lowest BCUT2D eigenvalue weighted by atomic mass is 10.0. The largest absolute Gasteiger partial charge is 0.454 e. The zero-order valence-electron chi connectivity index (χ0n) is 13.8. The summed E-state index contributed by atoms with van der Waals surface area (Å²) in [4.78, 5) is 6.67. The van der Waals surface area contributed by atoms with E-state index in [1.165, 1.54) is 12.8 Å². The molecule has 7 nitrogen and oxygen atoms in total. The van der Waals surface area contributed by atoms with Crippen molar-refractivity contribution >= 4 is 0 Å². The summed E-state index contributed by atoms with van der Waals surface area (Å²) < 4.78 is 16.1. The number of aryl methyl sites for hydroxylation is 1. The minimum absolute atomic E-state index is 0.313. The molecule has 0 aliphatic carbocycles. The Hall–Kier alpha value is -2.12. The number of likely N-dealkylation sites (tertiary alicyclic amines) is 1. The van der Waals surface area contributed by atoms with Crippen molar-refractivity contribution in [2.45, 2.75) is 38.9 Å². The summed E-state index contributed by atoms with van der Waals surface area (Å²) in [7, 11) is 0. The van der Waals surface area contributed by atoms with Gasteiger partial charge in [0.1, 0.15) is 0 Å². The molecule has 2 aromatic rings. The molecule has 0 spiro atoms. The van der Waals surface area contributed by atoms with E-state index in [2.05, 4.69) is 26.4 Å². The van der Waals surface area contributed by atoms with E-state index < -0.39 is 0 Å². The van der Waals surface area contributed by atoms with Gasteiger partial charge in [0.25, 0.3) is 0 Å². The molecule has 1 atom stereocenters. The molecule has 3 heterocycles. The Morgan fingerprint density at radius 1 is 1.33 bits per heavy atom. The summed E-state index contributed by atoms with van der Waals surface area (Å²) >= 11 is 0. The van der Waals surface area contributed by atoms with Crippen LogP contribution < -0.4 is 14.8 Å². The van der Waals surface area contributed by atoms with E-state index in [-0.39, 0.29) is 0 Å². The molecule has 1 aromatic carbocycles. The Morgan fingerprint density at radius 2 is 2.29 bits per heavy atom. The maximum atomic E-state index is 5.57. The third kappa shape index (κ3) is 3.37. The number of hydrogen-bond acceptors (Lipinski definition) is 7. The molecule has 1 N–H and O–H groups in total. The van der Waals surface area contributed by atoms with E-state index in [4.69, 9.17) is 14.0 Å². The normalized spacial score (nSPS) is 20.5. The minimum atomic E-state index is 0.313. The van der Waals surface area contributed by atoms with Crippen LogP contribution in [0.2, 0.25) is 0 Å². The van der Waals surface area contributed by atoms with Crippen molar-refractivity contribution in [3.63, 3.8) is 0 Å². The predicted molar refractivity (Wildman–Crippen MR) is 86.7 cm³/mol. The van der Waals surface area contributed by atoms with Gasteiger partial charge < -0.3 is 19.3 Å². The second-order valence-corrected chi connectivity index (χ2v) is 6.34.